The Kier molecular flexibility index (Phi) is 3.43. The number of halogens is 2. The van der Waals surface area contributed by atoms with Gasteiger partial charge < -0.3 is 5.32 Å². The van der Waals surface area contributed by atoms with E-state index in [0.29, 0.717) is 15.7 Å². The zero-order valence-electron chi connectivity index (χ0n) is 8.52. The van der Waals surface area contributed by atoms with Crippen molar-refractivity contribution in [3.63, 3.8) is 0 Å². The quantitative estimate of drug-likeness (QED) is 0.867. The third-order valence-corrected chi connectivity index (χ3v) is 2.39. The molecule has 2 heterocycles. The summed E-state index contributed by atoms with van der Waals surface area (Å²) in [4.78, 5) is 19.1. The number of amides is 1. The highest BCUT2D eigenvalue weighted by atomic mass is 79.9. The van der Waals surface area contributed by atoms with Crippen LogP contribution >= 0.6 is 15.9 Å². The first-order chi connectivity index (χ1) is 8.15. The van der Waals surface area contributed by atoms with Crippen LogP contribution in [-0.2, 0) is 0 Å². The van der Waals surface area contributed by atoms with Gasteiger partial charge in [-0.1, -0.05) is 0 Å². The highest BCUT2D eigenvalue weighted by Crippen LogP contribution is 2.12. The minimum Gasteiger partial charge on any atom is -0.321 e. The van der Waals surface area contributed by atoms with Gasteiger partial charge in [-0.05, 0) is 34.1 Å². The molecule has 1 amide bonds. The van der Waals surface area contributed by atoms with Crippen molar-refractivity contribution in [3.05, 3.63) is 52.8 Å². The van der Waals surface area contributed by atoms with Crippen LogP contribution in [0.3, 0.4) is 0 Å². The number of hydrogen-bond donors (Lipinski definition) is 1. The molecule has 0 radical (unpaired) electrons. The molecule has 0 fully saturated rings. The molecular formula is C11H7BrFN3O. The van der Waals surface area contributed by atoms with Gasteiger partial charge in [0, 0.05) is 16.9 Å². The fraction of sp³-hybridized carbons (Fsp3) is 0. The number of carbonyl (C=O) groups excluding carboxylic acids is 1. The third-order valence-electron chi connectivity index (χ3n) is 1.95. The van der Waals surface area contributed by atoms with Gasteiger partial charge in [0.2, 0.25) is 5.95 Å². The third kappa shape index (κ3) is 3.07. The van der Waals surface area contributed by atoms with E-state index in [-0.39, 0.29) is 5.91 Å². The fourth-order valence-corrected chi connectivity index (χ4v) is 1.55. The summed E-state index contributed by atoms with van der Waals surface area (Å²) in [5, 5.41) is 2.58. The normalized spacial score (nSPS) is 10.0. The molecule has 0 aliphatic carbocycles. The van der Waals surface area contributed by atoms with E-state index in [0.717, 1.165) is 0 Å². The Morgan fingerprint density at radius 1 is 1.29 bits per heavy atom. The van der Waals surface area contributed by atoms with Crippen molar-refractivity contribution in [2.75, 3.05) is 5.32 Å². The second-order valence-electron chi connectivity index (χ2n) is 3.22. The second-order valence-corrected chi connectivity index (χ2v) is 4.13. The van der Waals surface area contributed by atoms with E-state index in [1.807, 2.05) is 0 Å². The first kappa shape index (κ1) is 11.7. The maximum Gasteiger partial charge on any atom is 0.257 e. The summed E-state index contributed by atoms with van der Waals surface area (Å²) < 4.78 is 13.3. The van der Waals surface area contributed by atoms with Gasteiger partial charge in [0.15, 0.2) is 0 Å². The van der Waals surface area contributed by atoms with E-state index in [4.69, 9.17) is 0 Å². The number of carbonyl (C=O) groups is 1. The molecule has 0 aliphatic rings. The van der Waals surface area contributed by atoms with Crippen LogP contribution in [0, 0.1) is 5.95 Å². The molecular weight excluding hydrogens is 289 g/mol. The molecule has 17 heavy (non-hydrogen) atoms. The summed E-state index contributed by atoms with van der Waals surface area (Å²) in [5.41, 5.74) is 0.833. The summed E-state index contributed by atoms with van der Waals surface area (Å²) in [6.07, 6.45) is 4.27. The predicted octanol–water partition coefficient (Wildman–Crippen LogP) is 2.63. The lowest BCUT2D eigenvalue weighted by Crippen LogP contribution is -2.12. The summed E-state index contributed by atoms with van der Waals surface area (Å²) in [7, 11) is 0. The van der Waals surface area contributed by atoms with Crippen LogP contribution in [0.1, 0.15) is 10.4 Å². The highest BCUT2D eigenvalue weighted by molar-refractivity contribution is 9.10. The van der Waals surface area contributed by atoms with Crippen molar-refractivity contribution in [3.8, 4) is 0 Å². The summed E-state index contributed by atoms with van der Waals surface area (Å²) >= 11 is 3.22. The van der Waals surface area contributed by atoms with E-state index in [9.17, 15) is 9.18 Å². The predicted molar refractivity (Wildman–Crippen MR) is 64.1 cm³/mol. The van der Waals surface area contributed by atoms with Gasteiger partial charge in [0.05, 0.1) is 17.4 Å². The minimum atomic E-state index is -0.591. The SMILES string of the molecule is O=C(Nc1ccc(F)nc1)c1cncc(Br)c1. The summed E-state index contributed by atoms with van der Waals surface area (Å²) in [5.74, 6) is -0.917. The van der Waals surface area contributed by atoms with E-state index in [1.165, 1.54) is 24.5 Å². The highest BCUT2D eigenvalue weighted by Gasteiger charge is 2.07. The molecule has 2 aromatic heterocycles. The van der Waals surface area contributed by atoms with Gasteiger partial charge in [-0.2, -0.15) is 4.39 Å². The van der Waals surface area contributed by atoms with E-state index in [2.05, 4.69) is 31.2 Å². The molecule has 0 saturated carbocycles. The molecule has 0 bridgehead atoms. The molecule has 0 aromatic carbocycles. The van der Waals surface area contributed by atoms with Crippen molar-refractivity contribution in [2.45, 2.75) is 0 Å². The van der Waals surface area contributed by atoms with Crippen LogP contribution in [0.25, 0.3) is 0 Å². The number of rotatable bonds is 2. The van der Waals surface area contributed by atoms with Crippen LogP contribution in [0.4, 0.5) is 10.1 Å². The average Bonchev–Trinajstić information content (AvgIpc) is 2.32. The molecule has 1 N–H and O–H groups in total. The van der Waals surface area contributed by atoms with Crippen molar-refractivity contribution in [1.82, 2.24) is 9.97 Å². The van der Waals surface area contributed by atoms with Gasteiger partial charge in [0.25, 0.3) is 5.91 Å². The average molecular weight is 296 g/mol. The number of hydrogen-bond acceptors (Lipinski definition) is 3. The van der Waals surface area contributed by atoms with Crippen molar-refractivity contribution >= 4 is 27.5 Å². The van der Waals surface area contributed by atoms with E-state index < -0.39 is 5.95 Å². The molecule has 2 rings (SSSR count). The Bertz CT molecular complexity index is 545. The molecule has 0 aliphatic heterocycles. The molecule has 86 valence electrons. The van der Waals surface area contributed by atoms with Crippen LogP contribution < -0.4 is 5.32 Å². The Morgan fingerprint density at radius 3 is 2.76 bits per heavy atom. The van der Waals surface area contributed by atoms with Gasteiger partial charge in [0.1, 0.15) is 0 Å². The van der Waals surface area contributed by atoms with Crippen molar-refractivity contribution in [1.29, 1.82) is 0 Å². The van der Waals surface area contributed by atoms with E-state index >= 15 is 0 Å². The minimum absolute atomic E-state index is 0.327. The summed E-state index contributed by atoms with van der Waals surface area (Å²) in [6.45, 7) is 0. The molecule has 0 saturated heterocycles. The number of aromatic nitrogens is 2. The largest absolute Gasteiger partial charge is 0.321 e. The molecule has 0 unspecified atom stereocenters. The van der Waals surface area contributed by atoms with E-state index in [1.54, 1.807) is 12.3 Å². The van der Waals surface area contributed by atoms with Crippen LogP contribution in [0.5, 0.6) is 0 Å². The molecule has 6 heteroatoms. The first-order valence-electron chi connectivity index (χ1n) is 4.68. The van der Waals surface area contributed by atoms with Crippen LogP contribution in [0.15, 0.2) is 41.3 Å². The number of pyridine rings is 2. The topological polar surface area (TPSA) is 54.9 Å². The van der Waals surface area contributed by atoms with Gasteiger partial charge in [-0.25, -0.2) is 4.98 Å². The lowest BCUT2D eigenvalue weighted by molar-refractivity contribution is 0.102. The second kappa shape index (κ2) is 5.01. The molecule has 0 atom stereocenters. The molecule has 2 aromatic rings. The molecule has 0 spiro atoms. The maximum absolute atomic E-state index is 12.6. The van der Waals surface area contributed by atoms with Gasteiger partial charge in [-0.15, -0.1) is 0 Å². The smallest absolute Gasteiger partial charge is 0.257 e. The Morgan fingerprint density at radius 2 is 2.12 bits per heavy atom. The van der Waals surface area contributed by atoms with Crippen LogP contribution in [-0.4, -0.2) is 15.9 Å². The zero-order valence-corrected chi connectivity index (χ0v) is 10.1. The standard InChI is InChI=1S/C11H7BrFN3O/c12-8-3-7(4-14-5-8)11(17)16-9-1-2-10(13)15-6-9/h1-6H,(H,16,17). The van der Waals surface area contributed by atoms with Crippen LogP contribution in [0.2, 0.25) is 0 Å². The molecule has 4 nitrogen and oxygen atoms in total. The fourth-order valence-electron chi connectivity index (χ4n) is 1.19. The van der Waals surface area contributed by atoms with Crippen molar-refractivity contribution in [2.24, 2.45) is 0 Å². The Labute approximate surface area is 105 Å². The van der Waals surface area contributed by atoms with Crippen molar-refractivity contribution < 1.29 is 9.18 Å². The maximum atomic E-state index is 12.6. The summed E-state index contributed by atoms with van der Waals surface area (Å²) in [6, 6.07) is 4.25. The zero-order chi connectivity index (χ0) is 12.3. The first-order valence-corrected chi connectivity index (χ1v) is 5.48. The van der Waals surface area contributed by atoms with Gasteiger partial charge in [-0.3, -0.25) is 9.78 Å². The van der Waals surface area contributed by atoms with Gasteiger partial charge >= 0.3 is 0 Å². The number of nitrogens with one attached hydrogen (secondary N) is 1. The number of nitrogens with zero attached hydrogens (tertiary/aromatic N) is 2. The monoisotopic (exact) mass is 295 g/mol. The number of anilines is 1. The lowest BCUT2D eigenvalue weighted by Gasteiger charge is -2.04. The Balaban J connectivity index is 2.14. The Hall–Kier alpha value is -1.82. The lowest BCUT2D eigenvalue weighted by atomic mass is 10.2.